The van der Waals surface area contributed by atoms with E-state index < -0.39 is 0 Å². The van der Waals surface area contributed by atoms with E-state index in [-0.39, 0.29) is 5.91 Å². The van der Waals surface area contributed by atoms with Crippen LogP contribution in [0.3, 0.4) is 0 Å². The van der Waals surface area contributed by atoms with Gasteiger partial charge in [0, 0.05) is 23.6 Å². The molecule has 5 heteroatoms. The number of nitrogens with zero attached hydrogens (tertiary/aromatic N) is 1. The zero-order chi connectivity index (χ0) is 23.0. The van der Waals surface area contributed by atoms with Crippen molar-refractivity contribution >= 4 is 16.8 Å². The fraction of sp³-hybridized carbons (Fsp3) is 0.214. The predicted molar refractivity (Wildman–Crippen MR) is 132 cm³/mol. The molecule has 33 heavy (non-hydrogen) atoms. The van der Waals surface area contributed by atoms with E-state index >= 15 is 0 Å². The lowest BCUT2D eigenvalue weighted by Gasteiger charge is -2.13. The minimum atomic E-state index is -0.0953. The van der Waals surface area contributed by atoms with E-state index in [1.165, 1.54) is 5.56 Å². The first-order chi connectivity index (χ1) is 16.2. The van der Waals surface area contributed by atoms with Gasteiger partial charge in [-0.25, -0.2) is 4.98 Å². The van der Waals surface area contributed by atoms with Gasteiger partial charge in [0.1, 0.15) is 11.5 Å². The third-order valence-electron chi connectivity index (χ3n) is 5.67. The van der Waals surface area contributed by atoms with Crippen molar-refractivity contribution in [2.45, 2.75) is 19.3 Å². The van der Waals surface area contributed by atoms with Crippen molar-refractivity contribution < 1.29 is 14.3 Å². The van der Waals surface area contributed by atoms with Crippen LogP contribution in [0.25, 0.3) is 22.2 Å². The highest BCUT2D eigenvalue weighted by atomic mass is 16.5. The van der Waals surface area contributed by atoms with E-state index in [1.54, 1.807) is 14.2 Å². The number of methoxy groups -OCH3 is 2. The van der Waals surface area contributed by atoms with Gasteiger partial charge in [0.05, 0.1) is 31.0 Å². The molecule has 0 aliphatic heterocycles. The van der Waals surface area contributed by atoms with E-state index in [4.69, 9.17) is 14.5 Å². The molecule has 1 heterocycles. The molecule has 1 N–H and O–H groups in total. The van der Waals surface area contributed by atoms with E-state index in [9.17, 15) is 4.79 Å². The predicted octanol–water partition coefficient (Wildman–Crippen LogP) is 5.67. The van der Waals surface area contributed by atoms with E-state index in [2.05, 4.69) is 29.6 Å². The number of pyridine rings is 1. The molecule has 1 amide bonds. The molecule has 0 bridgehead atoms. The van der Waals surface area contributed by atoms with Crippen LogP contribution in [0.15, 0.2) is 78.9 Å². The number of nitrogens with one attached hydrogen (secondary N) is 1. The zero-order valence-corrected chi connectivity index (χ0v) is 19.0. The molecule has 0 fully saturated rings. The Hall–Kier alpha value is -3.86. The van der Waals surface area contributed by atoms with Gasteiger partial charge >= 0.3 is 0 Å². The summed E-state index contributed by atoms with van der Waals surface area (Å²) >= 11 is 0. The second-order valence-corrected chi connectivity index (χ2v) is 7.84. The number of carbonyl (C=O) groups is 1. The van der Waals surface area contributed by atoms with Gasteiger partial charge in [0.2, 0.25) is 0 Å². The minimum Gasteiger partial charge on any atom is -0.497 e. The van der Waals surface area contributed by atoms with Crippen molar-refractivity contribution in [1.29, 1.82) is 0 Å². The van der Waals surface area contributed by atoms with Crippen molar-refractivity contribution in [3.63, 3.8) is 0 Å². The monoisotopic (exact) mass is 440 g/mol. The lowest BCUT2D eigenvalue weighted by molar-refractivity contribution is 0.0954. The average molecular weight is 441 g/mol. The van der Waals surface area contributed by atoms with Crippen LogP contribution in [0.1, 0.15) is 28.8 Å². The Balaban J connectivity index is 1.54. The van der Waals surface area contributed by atoms with Gasteiger partial charge < -0.3 is 14.8 Å². The molecule has 0 spiro atoms. The largest absolute Gasteiger partial charge is 0.497 e. The molecule has 4 rings (SSSR count). The normalized spacial score (nSPS) is 10.7. The summed E-state index contributed by atoms with van der Waals surface area (Å²) in [5.74, 6) is 1.25. The molecule has 0 atom stereocenters. The molecular formula is C28H28N2O3. The Morgan fingerprint density at radius 1 is 0.879 bits per heavy atom. The van der Waals surface area contributed by atoms with Gasteiger partial charge in [-0.05, 0) is 49.1 Å². The summed E-state index contributed by atoms with van der Waals surface area (Å²) < 4.78 is 10.9. The minimum absolute atomic E-state index is 0.0953. The number of unbranched alkanes of at least 4 members (excludes halogenated alkanes) is 1. The fourth-order valence-corrected chi connectivity index (χ4v) is 3.91. The Labute approximate surface area is 194 Å². The topological polar surface area (TPSA) is 60.5 Å². The number of para-hydroxylation sites is 1. The molecular weight excluding hydrogens is 412 g/mol. The lowest BCUT2D eigenvalue weighted by atomic mass is 10.0. The van der Waals surface area contributed by atoms with Crippen molar-refractivity contribution in [2.24, 2.45) is 0 Å². The first-order valence-electron chi connectivity index (χ1n) is 11.1. The van der Waals surface area contributed by atoms with E-state index in [1.807, 2.05) is 54.6 Å². The quantitative estimate of drug-likeness (QED) is 0.341. The highest BCUT2D eigenvalue weighted by molar-refractivity contribution is 6.07. The number of aromatic nitrogens is 1. The maximum Gasteiger partial charge on any atom is 0.252 e. The smallest absolute Gasteiger partial charge is 0.252 e. The molecule has 168 valence electrons. The zero-order valence-electron chi connectivity index (χ0n) is 19.0. The van der Waals surface area contributed by atoms with Crippen LogP contribution in [-0.2, 0) is 6.42 Å². The molecule has 5 nitrogen and oxygen atoms in total. The third-order valence-corrected chi connectivity index (χ3v) is 5.67. The molecule has 0 radical (unpaired) electrons. The number of aryl methyl sites for hydroxylation is 1. The van der Waals surface area contributed by atoms with Gasteiger partial charge in [-0.3, -0.25) is 4.79 Å². The number of fused-ring (bicyclic) bond motifs is 1. The Morgan fingerprint density at radius 3 is 2.45 bits per heavy atom. The van der Waals surface area contributed by atoms with Gasteiger partial charge in [-0.15, -0.1) is 0 Å². The van der Waals surface area contributed by atoms with Crippen LogP contribution in [-0.4, -0.2) is 31.7 Å². The number of amides is 1. The highest BCUT2D eigenvalue weighted by Gasteiger charge is 2.16. The third kappa shape index (κ3) is 5.32. The second-order valence-electron chi connectivity index (χ2n) is 7.84. The molecule has 3 aromatic carbocycles. The van der Waals surface area contributed by atoms with Gasteiger partial charge in [-0.1, -0.05) is 48.5 Å². The maximum atomic E-state index is 13.1. The summed E-state index contributed by atoms with van der Waals surface area (Å²) in [5.41, 5.74) is 4.18. The van der Waals surface area contributed by atoms with Gasteiger partial charge in [0.15, 0.2) is 0 Å². The number of hydrogen-bond donors (Lipinski definition) is 1. The molecule has 0 aliphatic carbocycles. The van der Waals surface area contributed by atoms with E-state index in [0.717, 1.165) is 35.7 Å². The van der Waals surface area contributed by atoms with Crippen molar-refractivity contribution in [2.75, 3.05) is 20.8 Å². The summed E-state index contributed by atoms with van der Waals surface area (Å²) in [6.45, 7) is 0.628. The molecule has 0 aliphatic rings. The Bertz CT molecular complexity index is 1240. The SMILES string of the molecule is COc1ccc(-c2cc(C(=O)NCCCCc3ccccc3)c3ccccc3n2)c(OC)c1. The molecule has 0 saturated carbocycles. The summed E-state index contributed by atoms with van der Waals surface area (Å²) in [6, 6.07) is 25.5. The standard InChI is InChI=1S/C28H28N2O3/c1-32-21-15-16-23(27(18-21)33-2)26-19-24(22-13-6-7-14-25(22)30-26)28(31)29-17-9-8-12-20-10-4-3-5-11-20/h3-7,10-11,13-16,18-19H,8-9,12,17H2,1-2H3,(H,29,31). The summed E-state index contributed by atoms with van der Waals surface area (Å²) in [6.07, 6.45) is 2.95. The summed E-state index contributed by atoms with van der Waals surface area (Å²) in [4.78, 5) is 17.9. The Kier molecular flexibility index (Phi) is 7.20. The number of hydrogen-bond acceptors (Lipinski definition) is 4. The number of carbonyl (C=O) groups excluding carboxylic acids is 1. The van der Waals surface area contributed by atoms with Crippen LogP contribution in [0.4, 0.5) is 0 Å². The fourth-order valence-electron chi connectivity index (χ4n) is 3.91. The Morgan fingerprint density at radius 2 is 1.67 bits per heavy atom. The molecule has 4 aromatic rings. The molecule has 0 unspecified atom stereocenters. The van der Waals surface area contributed by atoms with Crippen LogP contribution in [0, 0.1) is 0 Å². The van der Waals surface area contributed by atoms with Gasteiger partial charge in [-0.2, -0.15) is 0 Å². The van der Waals surface area contributed by atoms with Gasteiger partial charge in [0.25, 0.3) is 5.91 Å². The molecule has 0 saturated heterocycles. The summed E-state index contributed by atoms with van der Waals surface area (Å²) in [7, 11) is 3.23. The number of rotatable bonds is 9. The van der Waals surface area contributed by atoms with Crippen LogP contribution in [0.2, 0.25) is 0 Å². The highest BCUT2D eigenvalue weighted by Crippen LogP contribution is 2.34. The van der Waals surface area contributed by atoms with Crippen molar-refractivity contribution in [1.82, 2.24) is 10.3 Å². The molecule has 1 aromatic heterocycles. The first-order valence-corrected chi connectivity index (χ1v) is 11.1. The van der Waals surface area contributed by atoms with Crippen molar-refractivity contribution in [3.05, 3.63) is 90.0 Å². The average Bonchev–Trinajstić information content (AvgIpc) is 2.87. The van der Waals surface area contributed by atoms with E-state index in [0.29, 0.717) is 29.3 Å². The van der Waals surface area contributed by atoms with Crippen molar-refractivity contribution in [3.8, 4) is 22.8 Å². The second kappa shape index (κ2) is 10.6. The van der Waals surface area contributed by atoms with Crippen LogP contribution < -0.4 is 14.8 Å². The van der Waals surface area contributed by atoms with Crippen LogP contribution >= 0.6 is 0 Å². The maximum absolute atomic E-state index is 13.1. The number of benzene rings is 3. The number of ether oxygens (including phenoxy) is 2. The first kappa shape index (κ1) is 22.3. The summed E-state index contributed by atoms with van der Waals surface area (Å²) in [5, 5.41) is 3.91. The van der Waals surface area contributed by atoms with Crippen LogP contribution in [0.5, 0.6) is 11.5 Å². The lowest BCUT2D eigenvalue weighted by Crippen LogP contribution is -2.25.